The maximum absolute atomic E-state index is 12.0. The zero-order valence-corrected chi connectivity index (χ0v) is 12.4. The van der Waals surface area contributed by atoms with Crippen molar-refractivity contribution in [1.82, 2.24) is 4.98 Å². The van der Waals surface area contributed by atoms with Gasteiger partial charge in [0.05, 0.1) is 0 Å². The first kappa shape index (κ1) is 14.4. The van der Waals surface area contributed by atoms with Crippen molar-refractivity contribution in [3.63, 3.8) is 0 Å². The van der Waals surface area contributed by atoms with E-state index in [0.29, 0.717) is 19.3 Å². The average Bonchev–Trinajstić information content (AvgIpc) is 2.77. The molecule has 2 heteroatoms. The van der Waals surface area contributed by atoms with Crippen molar-refractivity contribution in [2.24, 2.45) is 5.41 Å². The summed E-state index contributed by atoms with van der Waals surface area (Å²) in [5.41, 5.74) is 2.18. The number of ketones is 1. The van der Waals surface area contributed by atoms with Crippen LogP contribution in [0.2, 0.25) is 0 Å². The van der Waals surface area contributed by atoms with Crippen LogP contribution in [0.5, 0.6) is 0 Å². The lowest BCUT2D eigenvalue weighted by molar-refractivity contribution is -0.118. The fraction of sp³-hybridized carbons (Fsp3) is 0.389. The van der Waals surface area contributed by atoms with Gasteiger partial charge in [0, 0.05) is 41.8 Å². The van der Waals surface area contributed by atoms with Gasteiger partial charge < -0.3 is 4.98 Å². The van der Waals surface area contributed by atoms with Crippen molar-refractivity contribution in [3.05, 3.63) is 36.0 Å². The third-order valence-corrected chi connectivity index (χ3v) is 3.05. The highest BCUT2D eigenvalue weighted by atomic mass is 16.1. The Balaban J connectivity index is 1.93. The monoisotopic (exact) mass is 267 g/mol. The van der Waals surface area contributed by atoms with Crippen LogP contribution in [-0.4, -0.2) is 10.8 Å². The van der Waals surface area contributed by atoms with E-state index in [0.717, 1.165) is 16.5 Å². The van der Waals surface area contributed by atoms with Crippen LogP contribution in [0.4, 0.5) is 0 Å². The van der Waals surface area contributed by atoms with E-state index < -0.39 is 0 Å². The predicted octanol–water partition coefficient (Wildman–Crippen LogP) is 4.11. The summed E-state index contributed by atoms with van der Waals surface area (Å²) in [7, 11) is 0. The number of aromatic nitrogens is 1. The molecule has 104 valence electrons. The van der Waals surface area contributed by atoms with E-state index >= 15 is 0 Å². The topological polar surface area (TPSA) is 32.9 Å². The minimum absolute atomic E-state index is 0.0138. The molecule has 0 spiro atoms. The molecule has 20 heavy (non-hydrogen) atoms. The number of carbonyl (C=O) groups excluding carboxylic acids is 1. The van der Waals surface area contributed by atoms with Crippen molar-refractivity contribution in [3.8, 4) is 11.8 Å². The fourth-order valence-corrected chi connectivity index (χ4v) is 2.11. The van der Waals surface area contributed by atoms with Gasteiger partial charge in [0.1, 0.15) is 5.78 Å². The number of rotatable bonds is 4. The highest BCUT2D eigenvalue weighted by molar-refractivity contribution is 5.89. The standard InChI is InChI=1S/C18H21NO/c1-18(2,3)11-7-6-8-15(20)12-14-13-19-17-10-5-4-9-16(14)17/h4-5,9-10,13,19H,6,8,12H2,1-3H3. The van der Waals surface area contributed by atoms with Gasteiger partial charge in [-0.1, -0.05) is 24.1 Å². The van der Waals surface area contributed by atoms with Gasteiger partial charge in [-0.05, 0) is 32.4 Å². The minimum Gasteiger partial charge on any atom is -0.361 e. The fourth-order valence-electron chi connectivity index (χ4n) is 2.11. The average molecular weight is 267 g/mol. The summed E-state index contributed by atoms with van der Waals surface area (Å²) >= 11 is 0. The molecule has 2 nitrogen and oxygen atoms in total. The second kappa shape index (κ2) is 5.96. The first-order valence-corrected chi connectivity index (χ1v) is 7.02. The van der Waals surface area contributed by atoms with Crippen molar-refractivity contribution < 1.29 is 4.79 Å². The first-order valence-electron chi connectivity index (χ1n) is 7.02. The Morgan fingerprint density at radius 2 is 2.00 bits per heavy atom. The van der Waals surface area contributed by atoms with E-state index in [9.17, 15) is 4.79 Å². The highest BCUT2D eigenvalue weighted by Gasteiger charge is 2.08. The maximum Gasteiger partial charge on any atom is 0.138 e. The number of fused-ring (bicyclic) bond motifs is 1. The second-order valence-corrected chi connectivity index (χ2v) is 6.13. The third kappa shape index (κ3) is 3.99. The Bertz CT molecular complexity index is 662. The van der Waals surface area contributed by atoms with Gasteiger partial charge in [-0.2, -0.15) is 0 Å². The molecule has 2 rings (SSSR count). The van der Waals surface area contributed by atoms with Crippen molar-refractivity contribution in [2.75, 3.05) is 0 Å². The number of aromatic amines is 1. The van der Waals surface area contributed by atoms with Gasteiger partial charge in [0.15, 0.2) is 0 Å². The van der Waals surface area contributed by atoms with Crippen molar-refractivity contribution in [1.29, 1.82) is 0 Å². The van der Waals surface area contributed by atoms with Crippen LogP contribution in [0, 0.1) is 17.3 Å². The number of para-hydroxylation sites is 1. The van der Waals surface area contributed by atoms with Crippen molar-refractivity contribution >= 4 is 16.7 Å². The molecule has 0 saturated carbocycles. The molecule has 0 radical (unpaired) electrons. The van der Waals surface area contributed by atoms with Gasteiger partial charge in [-0.25, -0.2) is 0 Å². The number of hydrogen-bond acceptors (Lipinski definition) is 1. The molecule has 1 heterocycles. The van der Waals surface area contributed by atoms with Gasteiger partial charge in [-0.3, -0.25) is 4.79 Å². The molecule has 1 N–H and O–H groups in total. The number of nitrogens with one attached hydrogen (secondary N) is 1. The second-order valence-electron chi connectivity index (χ2n) is 6.13. The molecule has 0 atom stereocenters. The summed E-state index contributed by atoms with van der Waals surface area (Å²) < 4.78 is 0. The molecule has 0 bridgehead atoms. The largest absolute Gasteiger partial charge is 0.361 e. The summed E-state index contributed by atoms with van der Waals surface area (Å²) in [5, 5.41) is 1.14. The zero-order valence-electron chi connectivity index (χ0n) is 12.4. The summed E-state index contributed by atoms with van der Waals surface area (Å²) in [6.45, 7) is 6.23. The summed E-state index contributed by atoms with van der Waals surface area (Å²) in [6.07, 6.45) is 3.60. The molecule has 0 unspecified atom stereocenters. The highest BCUT2D eigenvalue weighted by Crippen LogP contribution is 2.18. The van der Waals surface area contributed by atoms with Gasteiger partial charge in [-0.15, -0.1) is 5.92 Å². The zero-order chi connectivity index (χ0) is 14.6. The molecular weight excluding hydrogens is 246 g/mol. The number of benzene rings is 1. The number of hydrogen-bond donors (Lipinski definition) is 1. The van der Waals surface area contributed by atoms with Gasteiger partial charge >= 0.3 is 0 Å². The molecule has 0 amide bonds. The van der Waals surface area contributed by atoms with E-state index in [1.54, 1.807) is 0 Å². The van der Waals surface area contributed by atoms with E-state index in [1.165, 1.54) is 0 Å². The van der Waals surface area contributed by atoms with Crippen LogP contribution >= 0.6 is 0 Å². The Hall–Kier alpha value is -2.01. The summed E-state index contributed by atoms with van der Waals surface area (Å²) in [5.74, 6) is 6.50. The number of Topliss-reactive ketones (excluding diaryl/α,β-unsaturated/α-hetero) is 1. The van der Waals surface area contributed by atoms with Crippen molar-refractivity contribution in [2.45, 2.75) is 40.0 Å². The quantitative estimate of drug-likeness (QED) is 0.831. The van der Waals surface area contributed by atoms with Gasteiger partial charge in [0.2, 0.25) is 0 Å². The SMILES string of the molecule is CC(C)(C)C#CCCC(=O)Cc1c[nH]c2ccccc12. The smallest absolute Gasteiger partial charge is 0.138 e. The molecule has 2 aromatic rings. The predicted molar refractivity (Wildman–Crippen MR) is 83.5 cm³/mol. The Morgan fingerprint density at radius 3 is 2.75 bits per heavy atom. The number of carbonyl (C=O) groups is 1. The molecule has 0 aliphatic carbocycles. The van der Waals surface area contributed by atoms with E-state index in [1.807, 2.05) is 30.5 Å². The van der Waals surface area contributed by atoms with E-state index in [-0.39, 0.29) is 11.2 Å². The van der Waals surface area contributed by atoms with Gasteiger partial charge in [0.25, 0.3) is 0 Å². The maximum atomic E-state index is 12.0. The normalized spacial score (nSPS) is 11.2. The summed E-state index contributed by atoms with van der Waals surface area (Å²) in [6, 6.07) is 8.07. The van der Waals surface area contributed by atoms with E-state index in [4.69, 9.17) is 0 Å². The van der Waals surface area contributed by atoms with Crippen LogP contribution in [0.25, 0.3) is 10.9 Å². The Kier molecular flexibility index (Phi) is 4.29. The van der Waals surface area contributed by atoms with Crippen LogP contribution in [0.1, 0.15) is 39.2 Å². The molecule has 0 fully saturated rings. The molecule has 0 aliphatic heterocycles. The number of H-pyrrole nitrogens is 1. The molecular formula is C18H21NO. The first-order chi connectivity index (χ1) is 9.46. The molecule has 1 aromatic heterocycles. The molecule has 0 saturated heterocycles. The summed E-state index contributed by atoms with van der Waals surface area (Å²) in [4.78, 5) is 15.2. The van der Waals surface area contributed by atoms with Crippen LogP contribution in [0.15, 0.2) is 30.5 Å². The lowest BCUT2D eigenvalue weighted by Crippen LogP contribution is -2.02. The third-order valence-electron chi connectivity index (χ3n) is 3.05. The Labute approximate surface area is 120 Å². The lowest BCUT2D eigenvalue weighted by Gasteiger charge is -2.06. The van der Waals surface area contributed by atoms with Crippen LogP contribution in [0.3, 0.4) is 0 Å². The molecule has 1 aromatic carbocycles. The van der Waals surface area contributed by atoms with Crippen LogP contribution in [-0.2, 0) is 11.2 Å². The minimum atomic E-state index is 0.0138. The Morgan fingerprint density at radius 1 is 1.25 bits per heavy atom. The van der Waals surface area contributed by atoms with Crippen LogP contribution < -0.4 is 0 Å². The lowest BCUT2D eigenvalue weighted by atomic mass is 9.97. The van der Waals surface area contributed by atoms with E-state index in [2.05, 4.69) is 37.6 Å². The molecule has 0 aliphatic rings.